The number of nitrogens with zero attached hydrogens (tertiary/aromatic N) is 1. The molecule has 106 valence electrons. The fourth-order valence-corrected chi connectivity index (χ4v) is 3.55. The quantitative estimate of drug-likeness (QED) is 0.784. The molecular formula is C13H20N2O2S2. The van der Waals surface area contributed by atoms with E-state index >= 15 is 0 Å². The molecule has 0 saturated heterocycles. The van der Waals surface area contributed by atoms with Gasteiger partial charge in [0.15, 0.2) is 0 Å². The van der Waals surface area contributed by atoms with E-state index in [1.54, 1.807) is 24.3 Å². The molecule has 1 aromatic rings. The molecule has 0 aliphatic carbocycles. The summed E-state index contributed by atoms with van der Waals surface area (Å²) in [5.41, 5.74) is 6.17. The van der Waals surface area contributed by atoms with Crippen molar-refractivity contribution in [3.63, 3.8) is 0 Å². The number of benzene rings is 1. The third-order valence-corrected chi connectivity index (χ3v) is 4.87. The lowest BCUT2D eigenvalue weighted by Crippen LogP contribution is -2.32. The highest BCUT2D eigenvalue weighted by Crippen LogP contribution is 2.17. The molecule has 1 rings (SSSR count). The van der Waals surface area contributed by atoms with Crippen LogP contribution in [-0.4, -0.2) is 30.8 Å². The van der Waals surface area contributed by atoms with E-state index in [2.05, 4.69) is 0 Å². The van der Waals surface area contributed by atoms with Crippen LogP contribution in [-0.2, 0) is 10.0 Å². The molecule has 0 saturated carbocycles. The maximum atomic E-state index is 12.5. The van der Waals surface area contributed by atoms with Crippen LogP contribution in [0.2, 0.25) is 0 Å². The van der Waals surface area contributed by atoms with Crippen LogP contribution < -0.4 is 5.73 Å². The molecule has 0 bridgehead atoms. The largest absolute Gasteiger partial charge is 0.389 e. The summed E-state index contributed by atoms with van der Waals surface area (Å²) in [6.07, 6.45) is 1.59. The molecule has 0 aromatic heterocycles. The summed E-state index contributed by atoms with van der Waals surface area (Å²) in [5, 5.41) is 0. The van der Waals surface area contributed by atoms with Gasteiger partial charge in [-0.15, -0.1) is 0 Å². The van der Waals surface area contributed by atoms with Gasteiger partial charge in [-0.05, 0) is 25.0 Å². The van der Waals surface area contributed by atoms with Gasteiger partial charge in [0.1, 0.15) is 4.99 Å². The van der Waals surface area contributed by atoms with E-state index in [9.17, 15) is 8.42 Å². The predicted octanol–water partition coefficient (Wildman–Crippen LogP) is 2.13. The lowest BCUT2D eigenvalue weighted by Gasteiger charge is -2.21. The number of hydrogen-bond donors (Lipinski definition) is 1. The monoisotopic (exact) mass is 300 g/mol. The van der Waals surface area contributed by atoms with Gasteiger partial charge < -0.3 is 5.73 Å². The first-order valence-corrected chi connectivity index (χ1v) is 8.18. The van der Waals surface area contributed by atoms with Crippen molar-refractivity contribution in [1.82, 2.24) is 4.31 Å². The molecule has 0 aliphatic rings. The molecule has 0 radical (unpaired) electrons. The second-order valence-corrected chi connectivity index (χ2v) is 6.67. The van der Waals surface area contributed by atoms with Crippen LogP contribution in [0.25, 0.3) is 0 Å². The summed E-state index contributed by atoms with van der Waals surface area (Å²) in [5.74, 6) is 0. The summed E-state index contributed by atoms with van der Waals surface area (Å²) in [6, 6.07) is 6.40. The van der Waals surface area contributed by atoms with Crippen molar-refractivity contribution in [2.24, 2.45) is 5.73 Å². The van der Waals surface area contributed by atoms with Crippen LogP contribution >= 0.6 is 12.2 Å². The van der Waals surface area contributed by atoms with Crippen molar-refractivity contribution in [2.45, 2.75) is 31.6 Å². The Kier molecular flexibility index (Phi) is 5.90. The van der Waals surface area contributed by atoms with Crippen molar-refractivity contribution < 1.29 is 8.42 Å². The summed E-state index contributed by atoms with van der Waals surface area (Å²) >= 11 is 4.85. The maximum absolute atomic E-state index is 12.5. The van der Waals surface area contributed by atoms with E-state index in [4.69, 9.17) is 18.0 Å². The molecular weight excluding hydrogens is 280 g/mol. The Morgan fingerprint density at radius 3 is 2.00 bits per heavy atom. The van der Waals surface area contributed by atoms with Crippen molar-refractivity contribution in [3.05, 3.63) is 29.8 Å². The average molecular weight is 300 g/mol. The molecule has 6 heteroatoms. The zero-order valence-corrected chi connectivity index (χ0v) is 12.9. The molecule has 0 heterocycles. The highest BCUT2D eigenvalue weighted by molar-refractivity contribution is 7.89. The molecule has 0 aliphatic heterocycles. The molecule has 0 amide bonds. The first kappa shape index (κ1) is 16.1. The zero-order chi connectivity index (χ0) is 14.5. The Labute approximate surface area is 120 Å². The van der Waals surface area contributed by atoms with Crippen LogP contribution in [0.3, 0.4) is 0 Å². The zero-order valence-electron chi connectivity index (χ0n) is 11.3. The van der Waals surface area contributed by atoms with E-state index in [1.165, 1.54) is 4.31 Å². The summed E-state index contributed by atoms with van der Waals surface area (Å²) in [7, 11) is -3.42. The van der Waals surface area contributed by atoms with Crippen molar-refractivity contribution in [2.75, 3.05) is 13.1 Å². The predicted molar refractivity (Wildman–Crippen MR) is 81.7 cm³/mol. The number of nitrogens with two attached hydrogens (primary N) is 1. The van der Waals surface area contributed by atoms with Gasteiger partial charge >= 0.3 is 0 Å². The average Bonchev–Trinajstić information content (AvgIpc) is 2.38. The van der Waals surface area contributed by atoms with E-state index < -0.39 is 10.0 Å². The molecule has 19 heavy (non-hydrogen) atoms. The second-order valence-electron chi connectivity index (χ2n) is 4.29. The normalized spacial score (nSPS) is 11.7. The van der Waals surface area contributed by atoms with E-state index in [-0.39, 0.29) is 9.88 Å². The molecule has 1 aromatic carbocycles. The van der Waals surface area contributed by atoms with Crippen molar-refractivity contribution in [1.29, 1.82) is 0 Å². The highest BCUT2D eigenvalue weighted by atomic mass is 32.2. The lowest BCUT2D eigenvalue weighted by atomic mass is 10.2. The van der Waals surface area contributed by atoms with Gasteiger partial charge in [-0.1, -0.05) is 38.2 Å². The molecule has 0 atom stereocenters. The SMILES string of the molecule is CCCN(CCC)S(=O)(=O)c1ccc(C(N)=S)cc1. The van der Waals surface area contributed by atoms with E-state index in [0.29, 0.717) is 18.7 Å². The maximum Gasteiger partial charge on any atom is 0.243 e. The van der Waals surface area contributed by atoms with Crippen molar-refractivity contribution in [3.8, 4) is 0 Å². The van der Waals surface area contributed by atoms with Crippen LogP contribution in [0, 0.1) is 0 Å². The molecule has 2 N–H and O–H groups in total. The Morgan fingerprint density at radius 1 is 1.16 bits per heavy atom. The topological polar surface area (TPSA) is 63.4 Å². The fourth-order valence-electron chi connectivity index (χ4n) is 1.79. The van der Waals surface area contributed by atoms with Crippen molar-refractivity contribution >= 4 is 27.2 Å². The second kappa shape index (κ2) is 6.98. The summed E-state index contributed by atoms with van der Waals surface area (Å²) < 4.78 is 26.4. The minimum atomic E-state index is -3.42. The third kappa shape index (κ3) is 3.99. The minimum Gasteiger partial charge on any atom is -0.389 e. The van der Waals surface area contributed by atoms with Gasteiger partial charge in [-0.25, -0.2) is 8.42 Å². The highest BCUT2D eigenvalue weighted by Gasteiger charge is 2.22. The van der Waals surface area contributed by atoms with Crippen LogP contribution in [0.5, 0.6) is 0 Å². The molecule has 0 fully saturated rings. The Morgan fingerprint density at radius 2 is 1.63 bits per heavy atom. The molecule has 0 unspecified atom stereocenters. The van der Waals surface area contributed by atoms with Gasteiger partial charge in [0.2, 0.25) is 10.0 Å². The third-order valence-electron chi connectivity index (χ3n) is 2.72. The Hall–Kier alpha value is -0.980. The number of thiocarbonyl (C=S) groups is 1. The fraction of sp³-hybridized carbons (Fsp3) is 0.462. The standard InChI is InChI=1S/C13H20N2O2S2/c1-3-9-15(10-4-2)19(16,17)12-7-5-11(6-8-12)13(14)18/h5-8H,3-4,9-10H2,1-2H3,(H2,14,18). The number of sulfonamides is 1. The van der Waals surface area contributed by atoms with Gasteiger partial charge in [-0.2, -0.15) is 4.31 Å². The van der Waals surface area contributed by atoms with Crippen LogP contribution in [0.4, 0.5) is 0 Å². The van der Waals surface area contributed by atoms with Gasteiger partial charge in [0, 0.05) is 18.7 Å². The van der Waals surface area contributed by atoms with E-state index in [1.807, 2.05) is 13.8 Å². The number of rotatable bonds is 7. The van der Waals surface area contributed by atoms with Crippen LogP contribution in [0.15, 0.2) is 29.2 Å². The van der Waals surface area contributed by atoms with Crippen LogP contribution in [0.1, 0.15) is 32.3 Å². The minimum absolute atomic E-state index is 0.267. The Balaban J connectivity index is 3.07. The smallest absolute Gasteiger partial charge is 0.243 e. The molecule has 0 spiro atoms. The first-order chi connectivity index (χ1) is 8.93. The van der Waals surface area contributed by atoms with E-state index in [0.717, 1.165) is 12.8 Å². The van der Waals surface area contributed by atoms with Gasteiger partial charge in [-0.3, -0.25) is 0 Å². The van der Waals surface area contributed by atoms with Gasteiger partial charge in [0.05, 0.1) is 4.90 Å². The Bertz CT molecular complexity index is 518. The first-order valence-electron chi connectivity index (χ1n) is 6.33. The van der Waals surface area contributed by atoms with Gasteiger partial charge in [0.25, 0.3) is 0 Å². The summed E-state index contributed by atoms with van der Waals surface area (Å²) in [4.78, 5) is 0.553. The summed E-state index contributed by atoms with van der Waals surface area (Å²) in [6.45, 7) is 5.00. The lowest BCUT2D eigenvalue weighted by molar-refractivity contribution is 0.410. The number of hydrogen-bond acceptors (Lipinski definition) is 3. The molecule has 4 nitrogen and oxygen atoms in total.